The van der Waals surface area contributed by atoms with Crippen molar-refractivity contribution in [2.75, 3.05) is 5.32 Å². The zero-order chi connectivity index (χ0) is 16.2. The van der Waals surface area contributed by atoms with Gasteiger partial charge in [0.2, 0.25) is 0 Å². The minimum atomic E-state index is -4.75. The molecule has 2 rings (SSSR count). The molecule has 0 saturated heterocycles. The van der Waals surface area contributed by atoms with Gasteiger partial charge in [0.05, 0.1) is 6.26 Å². The first-order valence-corrected chi connectivity index (χ1v) is 6.26. The number of amides is 1. The van der Waals surface area contributed by atoms with Crippen LogP contribution in [0, 0.1) is 0 Å². The number of carbonyl (C=O) groups is 1. The average Bonchev–Trinajstić information content (AvgIpc) is 2.93. The van der Waals surface area contributed by atoms with Crippen LogP contribution in [-0.2, 0) is 0 Å². The van der Waals surface area contributed by atoms with Crippen LogP contribution in [-0.4, -0.2) is 17.4 Å². The summed E-state index contributed by atoms with van der Waals surface area (Å²) >= 11 is 4.91. The van der Waals surface area contributed by atoms with E-state index in [1.165, 1.54) is 24.5 Å². The number of benzene rings is 1. The zero-order valence-electron chi connectivity index (χ0n) is 10.8. The Hall–Kier alpha value is -2.55. The van der Waals surface area contributed by atoms with Crippen LogP contribution >= 0.6 is 12.2 Å². The second kappa shape index (κ2) is 6.48. The molecule has 0 atom stereocenters. The van der Waals surface area contributed by atoms with Crippen molar-refractivity contribution in [2.45, 2.75) is 6.36 Å². The molecule has 0 fully saturated rings. The molecule has 1 aromatic carbocycles. The quantitative estimate of drug-likeness (QED) is 0.846. The van der Waals surface area contributed by atoms with Crippen molar-refractivity contribution in [1.82, 2.24) is 5.32 Å². The molecule has 1 heterocycles. The highest BCUT2D eigenvalue weighted by Gasteiger charge is 2.30. The maximum absolute atomic E-state index is 12.0. The number of hydrogen-bond acceptors (Lipinski definition) is 4. The van der Waals surface area contributed by atoms with E-state index in [0.29, 0.717) is 5.69 Å². The molecule has 0 spiro atoms. The topological polar surface area (TPSA) is 63.5 Å². The molecule has 2 aromatic rings. The van der Waals surface area contributed by atoms with Crippen LogP contribution in [0.25, 0.3) is 0 Å². The number of anilines is 1. The van der Waals surface area contributed by atoms with E-state index in [4.69, 9.17) is 16.6 Å². The first-order valence-electron chi connectivity index (χ1n) is 5.85. The van der Waals surface area contributed by atoms with Crippen LogP contribution in [0.4, 0.5) is 18.9 Å². The van der Waals surface area contributed by atoms with Gasteiger partial charge in [-0.2, -0.15) is 0 Å². The van der Waals surface area contributed by atoms with E-state index in [2.05, 4.69) is 15.4 Å². The summed E-state index contributed by atoms with van der Waals surface area (Å²) in [5.41, 5.74) is 0.388. The summed E-state index contributed by atoms with van der Waals surface area (Å²) in [5.74, 6) is -0.818. The lowest BCUT2D eigenvalue weighted by Gasteiger charge is -2.11. The van der Waals surface area contributed by atoms with Gasteiger partial charge in [-0.1, -0.05) is 0 Å². The Morgan fingerprint density at radius 2 is 1.86 bits per heavy atom. The van der Waals surface area contributed by atoms with E-state index in [1.807, 2.05) is 0 Å². The zero-order valence-corrected chi connectivity index (χ0v) is 11.6. The number of alkyl halides is 3. The van der Waals surface area contributed by atoms with Crippen molar-refractivity contribution < 1.29 is 27.1 Å². The molecule has 0 aliphatic rings. The maximum Gasteiger partial charge on any atom is 0.573 e. The van der Waals surface area contributed by atoms with Crippen LogP contribution in [0.2, 0.25) is 0 Å². The van der Waals surface area contributed by atoms with Crippen LogP contribution in [0.1, 0.15) is 10.6 Å². The van der Waals surface area contributed by atoms with E-state index >= 15 is 0 Å². The van der Waals surface area contributed by atoms with Gasteiger partial charge < -0.3 is 14.5 Å². The molecule has 0 bridgehead atoms. The van der Waals surface area contributed by atoms with Gasteiger partial charge in [-0.05, 0) is 48.6 Å². The number of thiocarbonyl (C=S) groups is 1. The van der Waals surface area contributed by atoms with E-state index in [1.54, 1.807) is 6.07 Å². The third-order valence-electron chi connectivity index (χ3n) is 2.32. The standard InChI is InChI=1S/C13H9F3N2O3S/c14-13(15,16)21-9-5-3-8(4-6-9)17-12(22)18-11(19)10-2-1-7-20-10/h1-7H,(H2,17,18,19,22). The van der Waals surface area contributed by atoms with Gasteiger partial charge >= 0.3 is 6.36 Å². The summed E-state index contributed by atoms with van der Waals surface area (Å²) in [6.45, 7) is 0. The summed E-state index contributed by atoms with van der Waals surface area (Å²) in [5, 5.41) is 4.98. The highest BCUT2D eigenvalue weighted by Crippen LogP contribution is 2.23. The average molecular weight is 330 g/mol. The van der Waals surface area contributed by atoms with E-state index in [0.717, 1.165) is 12.1 Å². The Bertz CT molecular complexity index is 654. The monoisotopic (exact) mass is 330 g/mol. The minimum absolute atomic E-state index is 0.0223. The fourth-order valence-electron chi connectivity index (χ4n) is 1.47. The van der Waals surface area contributed by atoms with Crippen molar-refractivity contribution in [2.24, 2.45) is 0 Å². The Morgan fingerprint density at radius 3 is 2.41 bits per heavy atom. The summed E-state index contributed by atoms with van der Waals surface area (Å²) < 4.78 is 44.7. The summed E-state index contributed by atoms with van der Waals surface area (Å²) in [7, 11) is 0. The first-order chi connectivity index (χ1) is 10.3. The summed E-state index contributed by atoms with van der Waals surface area (Å²) in [4.78, 5) is 11.6. The molecular weight excluding hydrogens is 321 g/mol. The smallest absolute Gasteiger partial charge is 0.459 e. The molecule has 1 aromatic heterocycles. The molecule has 22 heavy (non-hydrogen) atoms. The number of carbonyl (C=O) groups excluding carboxylic acids is 1. The van der Waals surface area contributed by atoms with Crippen LogP contribution in [0.15, 0.2) is 47.1 Å². The molecule has 0 unspecified atom stereocenters. The van der Waals surface area contributed by atoms with Crippen LogP contribution in [0.3, 0.4) is 0 Å². The predicted molar refractivity (Wildman–Crippen MR) is 75.5 cm³/mol. The molecular formula is C13H9F3N2O3S. The first kappa shape index (κ1) is 15.8. The molecule has 116 valence electrons. The van der Waals surface area contributed by atoms with Gasteiger partial charge in [-0.3, -0.25) is 10.1 Å². The van der Waals surface area contributed by atoms with Crippen molar-refractivity contribution in [3.63, 3.8) is 0 Å². The molecule has 9 heteroatoms. The Balaban J connectivity index is 1.90. The lowest BCUT2D eigenvalue weighted by Crippen LogP contribution is -2.33. The molecule has 1 amide bonds. The second-order valence-corrected chi connectivity index (χ2v) is 4.37. The Kier molecular flexibility index (Phi) is 4.66. The van der Waals surface area contributed by atoms with Crippen LogP contribution in [0.5, 0.6) is 5.75 Å². The Morgan fingerprint density at radius 1 is 1.18 bits per heavy atom. The SMILES string of the molecule is O=C(NC(=S)Nc1ccc(OC(F)(F)F)cc1)c1ccco1. The van der Waals surface area contributed by atoms with Gasteiger partial charge in [0.15, 0.2) is 10.9 Å². The number of halogens is 3. The lowest BCUT2D eigenvalue weighted by atomic mass is 10.3. The molecule has 5 nitrogen and oxygen atoms in total. The largest absolute Gasteiger partial charge is 0.573 e. The van der Waals surface area contributed by atoms with Gasteiger partial charge in [0.1, 0.15) is 5.75 Å². The molecule has 0 radical (unpaired) electrons. The predicted octanol–water partition coefficient (Wildman–Crippen LogP) is 3.31. The van der Waals surface area contributed by atoms with E-state index < -0.39 is 12.3 Å². The number of ether oxygens (including phenoxy) is 1. The molecule has 0 aliphatic heterocycles. The third-order valence-corrected chi connectivity index (χ3v) is 2.52. The van der Waals surface area contributed by atoms with Gasteiger partial charge in [-0.25, -0.2) is 0 Å². The number of nitrogens with one attached hydrogen (secondary N) is 2. The van der Waals surface area contributed by atoms with Crippen molar-refractivity contribution >= 4 is 28.9 Å². The number of hydrogen-bond donors (Lipinski definition) is 2. The third kappa shape index (κ3) is 4.77. The lowest BCUT2D eigenvalue weighted by molar-refractivity contribution is -0.274. The van der Waals surface area contributed by atoms with Crippen molar-refractivity contribution in [3.8, 4) is 5.75 Å². The molecule has 2 N–H and O–H groups in total. The fraction of sp³-hybridized carbons (Fsp3) is 0.0769. The molecule has 0 saturated carbocycles. The highest BCUT2D eigenvalue weighted by molar-refractivity contribution is 7.80. The van der Waals surface area contributed by atoms with Gasteiger partial charge in [-0.15, -0.1) is 13.2 Å². The van der Waals surface area contributed by atoms with Crippen molar-refractivity contribution in [3.05, 3.63) is 48.4 Å². The normalized spacial score (nSPS) is 10.9. The van der Waals surface area contributed by atoms with Gasteiger partial charge in [0.25, 0.3) is 5.91 Å². The van der Waals surface area contributed by atoms with Gasteiger partial charge in [0, 0.05) is 5.69 Å². The highest BCUT2D eigenvalue weighted by atomic mass is 32.1. The maximum atomic E-state index is 12.0. The van der Waals surface area contributed by atoms with Crippen LogP contribution < -0.4 is 15.4 Å². The fourth-order valence-corrected chi connectivity index (χ4v) is 1.69. The number of furan rings is 1. The number of rotatable bonds is 3. The molecule has 0 aliphatic carbocycles. The Labute approximate surface area is 128 Å². The van der Waals surface area contributed by atoms with E-state index in [-0.39, 0.29) is 16.6 Å². The summed E-state index contributed by atoms with van der Waals surface area (Å²) in [6, 6.07) is 7.89. The van der Waals surface area contributed by atoms with E-state index in [9.17, 15) is 18.0 Å². The minimum Gasteiger partial charge on any atom is -0.459 e. The van der Waals surface area contributed by atoms with Crippen molar-refractivity contribution in [1.29, 1.82) is 0 Å². The second-order valence-electron chi connectivity index (χ2n) is 3.96. The summed E-state index contributed by atoms with van der Waals surface area (Å²) in [6.07, 6.45) is -3.41.